The van der Waals surface area contributed by atoms with Crippen molar-refractivity contribution in [1.29, 1.82) is 0 Å². The number of nitrogens with two attached hydrogens (primary N) is 1. The highest BCUT2D eigenvalue weighted by molar-refractivity contribution is 6.35. The third kappa shape index (κ3) is 4.35. The summed E-state index contributed by atoms with van der Waals surface area (Å²) in [5.74, 6) is 0. The van der Waals surface area contributed by atoms with Crippen LogP contribution in [0.15, 0.2) is 48.5 Å². The third-order valence-corrected chi connectivity index (χ3v) is 3.78. The molecule has 0 bridgehead atoms. The Kier molecular flexibility index (Phi) is 5.88. The lowest BCUT2D eigenvalue weighted by molar-refractivity contribution is 0.183. The molecule has 3 N–H and O–H groups in total. The molecule has 3 nitrogen and oxygen atoms in total. The van der Waals surface area contributed by atoms with Crippen LogP contribution in [0, 0.1) is 0 Å². The summed E-state index contributed by atoms with van der Waals surface area (Å²) < 4.78 is 0. The smallest absolute Gasteiger partial charge is 0.0964 e. The molecule has 0 aliphatic heterocycles. The molecule has 0 spiro atoms. The Balaban J connectivity index is 2.21. The number of aliphatic hydroxyl groups excluding tert-OH is 1. The summed E-state index contributed by atoms with van der Waals surface area (Å²) in [6.07, 6.45) is -0.618. The third-order valence-electron chi connectivity index (χ3n) is 3.23. The lowest BCUT2D eigenvalue weighted by Crippen LogP contribution is -2.33. The maximum atomic E-state index is 10.4. The molecule has 1 atom stereocenters. The highest BCUT2D eigenvalue weighted by Crippen LogP contribution is 2.30. The van der Waals surface area contributed by atoms with E-state index in [1.54, 1.807) is 18.2 Å². The molecule has 2 aromatic carbocycles. The molecule has 2 rings (SSSR count). The minimum absolute atomic E-state index is 0.404. The lowest BCUT2D eigenvalue weighted by Gasteiger charge is -2.28. The summed E-state index contributed by atoms with van der Waals surface area (Å²) >= 11 is 12.3. The fraction of sp³-hybridized carbons (Fsp3) is 0.250. The van der Waals surface area contributed by atoms with Crippen LogP contribution in [-0.4, -0.2) is 24.7 Å². The Labute approximate surface area is 134 Å². The first-order valence-electron chi connectivity index (χ1n) is 6.75. The minimum Gasteiger partial charge on any atom is -0.387 e. The number of nitrogens with zero attached hydrogens (tertiary/aromatic N) is 1. The summed E-state index contributed by atoms with van der Waals surface area (Å²) in [5.41, 5.74) is 7.31. The van der Waals surface area contributed by atoms with Gasteiger partial charge in [0.2, 0.25) is 0 Å². The van der Waals surface area contributed by atoms with Gasteiger partial charge >= 0.3 is 0 Å². The van der Waals surface area contributed by atoms with E-state index in [0.717, 1.165) is 11.3 Å². The summed E-state index contributed by atoms with van der Waals surface area (Å²) in [4.78, 5) is 1.95. The van der Waals surface area contributed by atoms with Crippen molar-refractivity contribution < 1.29 is 5.11 Å². The summed E-state index contributed by atoms with van der Waals surface area (Å²) in [6.45, 7) is 1.45. The monoisotopic (exact) mass is 324 g/mol. The molecule has 0 aromatic heterocycles. The molecule has 0 heterocycles. The zero-order valence-corrected chi connectivity index (χ0v) is 13.1. The fourth-order valence-corrected chi connectivity index (χ4v) is 2.59. The molecule has 0 saturated heterocycles. The Hall–Kier alpha value is -1.26. The summed E-state index contributed by atoms with van der Waals surface area (Å²) in [7, 11) is 0. The van der Waals surface area contributed by atoms with Gasteiger partial charge in [0.15, 0.2) is 0 Å². The molecule has 0 aliphatic rings. The number of aliphatic hydroxyl groups is 1. The van der Waals surface area contributed by atoms with E-state index in [1.165, 1.54) is 0 Å². The standard InChI is InChI=1S/C16H18Cl2N2O/c17-13-6-7-14(18)15(10-13)20(9-8-19)11-16(21)12-4-2-1-3-5-12/h1-7,10,16,21H,8-9,11,19H2. The first-order chi connectivity index (χ1) is 10.1. The van der Waals surface area contributed by atoms with E-state index in [2.05, 4.69) is 0 Å². The summed E-state index contributed by atoms with van der Waals surface area (Å²) in [6, 6.07) is 14.8. The minimum atomic E-state index is -0.618. The number of hydrogen-bond acceptors (Lipinski definition) is 3. The largest absolute Gasteiger partial charge is 0.387 e. The first-order valence-corrected chi connectivity index (χ1v) is 7.50. The Morgan fingerprint density at radius 1 is 1.10 bits per heavy atom. The number of halogens is 2. The van der Waals surface area contributed by atoms with Crippen molar-refractivity contribution in [3.63, 3.8) is 0 Å². The number of anilines is 1. The van der Waals surface area contributed by atoms with Gasteiger partial charge in [-0.2, -0.15) is 0 Å². The van der Waals surface area contributed by atoms with Gasteiger partial charge < -0.3 is 15.7 Å². The second-order valence-corrected chi connectivity index (χ2v) is 5.60. The number of hydrogen-bond donors (Lipinski definition) is 2. The van der Waals surface area contributed by atoms with Gasteiger partial charge in [0.05, 0.1) is 16.8 Å². The van der Waals surface area contributed by atoms with Gasteiger partial charge in [-0.15, -0.1) is 0 Å². The number of benzene rings is 2. The van der Waals surface area contributed by atoms with Crippen LogP contribution >= 0.6 is 23.2 Å². The molecule has 1 unspecified atom stereocenters. The van der Waals surface area contributed by atoms with Crippen molar-refractivity contribution >= 4 is 28.9 Å². The van der Waals surface area contributed by atoms with Gasteiger partial charge in [-0.05, 0) is 23.8 Å². The molecular formula is C16H18Cl2N2O. The van der Waals surface area contributed by atoms with Gasteiger partial charge in [0, 0.05) is 24.7 Å². The average molecular weight is 325 g/mol. The summed E-state index contributed by atoms with van der Waals surface area (Å²) in [5, 5.41) is 11.6. The van der Waals surface area contributed by atoms with Gasteiger partial charge in [-0.1, -0.05) is 53.5 Å². The fourth-order valence-electron chi connectivity index (χ4n) is 2.18. The van der Waals surface area contributed by atoms with Crippen LogP contribution in [-0.2, 0) is 0 Å². The maximum absolute atomic E-state index is 10.4. The van der Waals surface area contributed by atoms with E-state index in [1.807, 2.05) is 35.2 Å². The van der Waals surface area contributed by atoms with Gasteiger partial charge in [0.25, 0.3) is 0 Å². The van der Waals surface area contributed by atoms with Crippen molar-refractivity contribution in [2.24, 2.45) is 5.73 Å². The van der Waals surface area contributed by atoms with Crippen LogP contribution < -0.4 is 10.6 Å². The molecule has 0 saturated carbocycles. The first kappa shape index (κ1) is 16.1. The van der Waals surface area contributed by atoms with Crippen molar-refractivity contribution in [2.45, 2.75) is 6.10 Å². The predicted molar refractivity (Wildman–Crippen MR) is 89.1 cm³/mol. The molecular weight excluding hydrogens is 307 g/mol. The number of rotatable bonds is 6. The zero-order chi connectivity index (χ0) is 15.2. The van der Waals surface area contributed by atoms with Crippen LogP contribution in [0.2, 0.25) is 10.0 Å². The molecule has 112 valence electrons. The second-order valence-electron chi connectivity index (χ2n) is 4.76. The van der Waals surface area contributed by atoms with Crippen LogP contribution in [0.5, 0.6) is 0 Å². The topological polar surface area (TPSA) is 49.5 Å². The lowest BCUT2D eigenvalue weighted by atomic mass is 10.1. The van der Waals surface area contributed by atoms with Crippen LogP contribution in [0.3, 0.4) is 0 Å². The average Bonchev–Trinajstić information content (AvgIpc) is 2.50. The highest BCUT2D eigenvalue weighted by atomic mass is 35.5. The van der Waals surface area contributed by atoms with Crippen molar-refractivity contribution in [3.8, 4) is 0 Å². The van der Waals surface area contributed by atoms with Crippen LogP contribution in [0.25, 0.3) is 0 Å². The van der Waals surface area contributed by atoms with E-state index >= 15 is 0 Å². The van der Waals surface area contributed by atoms with Crippen LogP contribution in [0.1, 0.15) is 11.7 Å². The van der Waals surface area contributed by atoms with Crippen molar-refractivity contribution in [3.05, 3.63) is 64.1 Å². The molecule has 0 fully saturated rings. The van der Waals surface area contributed by atoms with E-state index in [-0.39, 0.29) is 0 Å². The van der Waals surface area contributed by atoms with Crippen LogP contribution in [0.4, 0.5) is 5.69 Å². The molecule has 21 heavy (non-hydrogen) atoms. The molecule has 0 aliphatic carbocycles. The molecule has 2 aromatic rings. The van der Waals surface area contributed by atoms with Crippen molar-refractivity contribution in [2.75, 3.05) is 24.5 Å². The molecule has 5 heteroatoms. The van der Waals surface area contributed by atoms with E-state index in [9.17, 15) is 5.11 Å². The van der Waals surface area contributed by atoms with Crippen molar-refractivity contribution in [1.82, 2.24) is 0 Å². The molecule has 0 radical (unpaired) electrons. The molecule has 0 amide bonds. The second kappa shape index (κ2) is 7.66. The maximum Gasteiger partial charge on any atom is 0.0964 e. The normalized spacial score (nSPS) is 12.2. The van der Waals surface area contributed by atoms with E-state index in [4.69, 9.17) is 28.9 Å². The van der Waals surface area contributed by atoms with Gasteiger partial charge in [-0.25, -0.2) is 0 Å². The SMILES string of the molecule is NCCN(CC(O)c1ccccc1)c1cc(Cl)ccc1Cl. The Morgan fingerprint density at radius 3 is 2.48 bits per heavy atom. The highest BCUT2D eigenvalue weighted by Gasteiger charge is 2.16. The van der Waals surface area contributed by atoms with E-state index in [0.29, 0.717) is 29.7 Å². The Morgan fingerprint density at radius 2 is 1.81 bits per heavy atom. The zero-order valence-electron chi connectivity index (χ0n) is 11.5. The van der Waals surface area contributed by atoms with Gasteiger partial charge in [-0.3, -0.25) is 0 Å². The van der Waals surface area contributed by atoms with Gasteiger partial charge in [0.1, 0.15) is 0 Å². The predicted octanol–water partition coefficient (Wildman–Crippen LogP) is 3.49. The quantitative estimate of drug-likeness (QED) is 0.855. The van der Waals surface area contributed by atoms with E-state index < -0.39 is 6.10 Å². The Bertz CT molecular complexity index is 578.